The number of carbonyl (C=O) groups excluding carboxylic acids is 1. The lowest BCUT2D eigenvalue weighted by atomic mass is 10.0. The monoisotopic (exact) mass is 353 g/mol. The van der Waals surface area contributed by atoms with Crippen molar-refractivity contribution in [3.63, 3.8) is 0 Å². The molecule has 0 aromatic heterocycles. The van der Waals surface area contributed by atoms with Gasteiger partial charge in [-0.05, 0) is 32.9 Å². The summed E-state index contributed by atoms with van der Waals surface area (Å²) < 4.78 is 5.65. The van der Waals surface area contributed by atoms with Gasteiger partial charge in [0.25, 0.3) is 0 Å². The Bertz CT molecular complexity index is 337. The number of rotatable bonds is 17. The molecule has 0 rings (SSSR count). The van der Waals surface area contributed by atoms with Crippen LogP contribution < -0.4 is 0 Å². The molecule has 25 heavy (non-hydrogen) atoms. The summed E-state index contributed by atoms with van der Waals surface area (Å²) in [7, 11) is 0. The fraction of sp³-hybridized carbons (Fsp3) is 0.864. The first kappa shape index (κ1) is 24.2. The minimum absolute atomic E-state index is 0.00172. The molecule has 0 aliphatic heterocycles. The van der Waals surface area contributed by atoms with Crippen molar-refractivity contribution < 1.29 is 9.53 Å². The van der Waals surface area contributed by atoms with Gasteiger partial charge in [-0.15, -0.1) is 0 Å². The maximum Gasteiger partial charge on any atom is 0.333 e. The standard InChI is InChI=1S/C22H43NO2/c1-6-9-10-11-12-13-14-15-16-17-18-21(19-23(7-2)8-3)25-22(24)20(4)5/h21H,4,6-19H2,1-3,5H3. The van der Waals surface area contributed by atoms with E-state index in [4.69, 9.17) is 4.74 Å². The van der Waals surface area contributed by atoms with Crippen LogP contribution in [-0.4, -0.2) is 36.6 Å². The van der Waals surface area contributed by atoms with Crippen LogP contribution >= 0.6 is 0 Å². The van der Waals surface area contributed by atoms with Crippen molar-refractivity contribution in [2.24, 2.45) is 0 Å². The van der Waals surface area contributed by atoms with Gasteiger partial charge in [-0.3, -0.25) is 0 Å². The molecule has 0 spiro atoms. The molecule has 0 fully saturated rings. The van der Waals surface area contributed by atoms with Crippen molar-refractivity contribution in [2.45, 2.75) is 104 Å². The van der Waals surface area contributed by atoms with Crippen LogP contribution in [0.4, 0.5) is 0 Å². The number of hydrogen-bond acceptors (Lipinski definition) is 3. The summed E-state index contributed by atoms with van der Waals surface area (Å²) in [6.07, 6.45) is 14.3. The number of ether oxygens (including phenoxy) is 1. The van der Waals surface area contributed by atoms with E-state index in [1.807, 2.05) is 0 Å². The zero-order chi connectivity index (χ0) is 18.9. The second-order valence-electron chi connectivity index (χ2n) is 7.26. The Morgan fingerprint density at radius 3 is 1.80 bits per heavy atom. The Morgan fingerprint density at radius 2 is 1.36 bits per heavy atom. The van der Waals surface area contributed by atoms with Gasteiger partial charge in [0.2, 0.25) is 0 Å². The second kappa shape index (κ2) is 16.6. The molecule has 0 aromatic carbocycles. The van der Waals surface area contributed by atoms with Gasteiger partial charge < -0.3 is 9.64 Å². The van der Waals surface area contributed by atoms with E-state index < -0.39 is 0 Å². The summed E-state index contributed by atoms with van der Waals surface area (Å²) in [4.78, 5) is 14.2. The summed E-state index contributed by atoms with van der Waals surface area (Å²) in [5.41, 5.74) is 0.493. The molecule has 0 radical (unpaired) electrons. The third kappa shape index (κ3) is 14.1. The summed E-state index contributed by atoms with van der Waals surface area (Å²) >= 11 is 0. The fourth-order valence-corrected chi connectivity index (χ4v) is 3.07. The molecule has 0 bridgehead atoms. The van der Waals surface area contributed by atoms with Gasteiger partial charge in [-0.2, -0.15) is 0 Å². The molecule has 148 valence electrons. The van der Waals surface area contributed by atoms with Crippen molar-refractivity contribution >= 4 is 5.97 Å². The molecule has 0 amide bonds. The first-order valence-electron chi connectivity index (χ1n) is 10.6. The Labute approximate surface area is 157 Å². The molecule has 0 aromatic rings. The van der Waals surface area contributed by atoms with Crippen molar-refractivity contribution in [1.82, 2.24) is 4.90 Å². The van der Waals surface area contributed by atoms with Crippen LogP contribution in [0.1, 0.15) is 98.3 Å². The van der Waals surface area contributed by atoms with Crippen molar-refractivity contribution in [3.8, 4) is 0 Å². The highest BCUT2D eigenvalue weighted by Crippen LogP contribution is 2.14. The second-order valence-corrected chi connectivity index (χ2v) is 7.26. The molecule has 1 unspecified atom stereocenters. The van der Waals surface area contributed by atoms with Gasteiger partial charge in [0, 0.05) is 12.1 Å². The molecular weight excluding hydrogens is 310 g/mol. The quantitative estimate of drug-likeness (QED) is 0.179. The Kier molecular flexibility index (Phi) is 16.1. The average molecular weight is 354 g/mol. The van der Waals surface area contributed by atoms with Crippen LogP contribution in [0.3, 0.4) is 0 Å². The fourth-order valence-electron chi connectivity index (χ4n) is 3.07. The van der Waals surface area contributed by atoms with Crippen LogP contribution in [0.2, 0.25) is 0 Å². The van der Waals surface area contributed by atoms with E-state index >= 15 is 0 Å². The highest BCUT2D eigenvalue weighted by atomic mass is 16.5. The summed E-state index contributed by atoms with van der Waals surface area (Å²) in [5, 5.41) is 0. The molecule has 0 N–H and O–H groups in total. The number of unbranched alkanes of at least 4 members (excludes halogenated alkanes) is 9. The third-order valence-electron chi connectivity index (χ3n) is 4.86. The van der Waals surface area contributed by atoms with Gasteiger partial charge >= 0.3 is 5.97 Å². The summed E-state index contributed by atoms with van der Waals surface area (Å²) in [5.74, 6) is -0.246. The minimum Gasteiger partial charge on any atom is -0.458 e. The molecule has 0 saturated carbocycles. The molecular formula is C22H43NO2. The molecule has 0 aliphatic rings. The maximum absolute atomic E-state index is 11.9. The highest BCUT2D eigenvalue weighted by Gasteiger charge is 2.17. The highest BCUT2D eigenvalue weighted by molar-refractivity contribution is 5.87. The topological polar surface area (TPSA) is 29.5 Å². The molecule has 3 nitrogen and oxygen atoms in total. The number of esters is 1. The first-order valence-corrected chi connectivity index (χ1v) is 10.6. The van der Waals surface area contributed by atoms with E-state index in [0.29, 0.717) is 5.57 Å². The lowest BCUT2D eigenvalue weighted by Crippen LogP contribution is -2.35. The Hall–Kier alpha value is -0.830. The minimum atomic E-state index is -0.246. The van der Waals surface area contributed by atoms with Crippen molar-refractivity contribution in [2.75, 3.05) is 19.6 Å². The predicted octanol–water partition coefficient (Wildman–Crippen LogP) is 6.13. The van der Waals surface area contributed by atoms with E-state index in [9.17, 15) is 4.79 Å². The van der Waals surface area contributed by atoms with E-state index in [2.05, 4.69) is 32.3 Å². The SMILES string of the molecule is C=C(C)C(=O)OC(CCCCCCCCCCCC)CN(CC)CC. The van der Waals surface area contributed by atoms with Crippen molar-refractivity contribution in [1.29, 1.82) is 0 Å². The third-order valence-corrected chi connectivity index (χ3v) is 4.86. The van der Waals surface area contributed by atoms with Crippen LogP contribution in [-0.2, 0) is 9.53 Å². The zero-order valence-corrected chi connectivity index (χ0v) is 17.4. The normalized spacial score (nSPS) is 12.4. The molecule has 0 aliphatic carbocycles. The van der Waals surface area contributed by atoms with E-state index in [-0.39, 0.29) is 12.1 Å². The zero-order valence-electron chi connectivity index (χ0n) is 17.4. The summed E-state index contributed by atoms with van der Waals surface area (Å²) in [6.45, 7) is 14.8. The van der Waals surface area contributed by atoms with Crippen LogP contribution in [0, 0.1) is 0 Å². The molecule has 0 heterocycles. The number of likely N-dealkylation sites (N-methyl/N-ethyl adjacent to an activating group) is 1. The molecule has 0 saturated heterocycles. The van der Waals surface area contributed by atoms with Crippen LogP contribution in [0.15, 0.2) is 12.2 Å². The number of carbonyl (C=O) groups is 1. The lowest BCUT2D eigenvalue weighted by molar-refractivity contribution is -0.145. The lowest BCUT2D eigenvalue weighted by Gasteiger charge is -2.25. The van der Waals surface area contributed by atoms with Crippen LogP contribution in [0.25, 0.3) is 0 Å². The van der Waals surface area contributed by atoms with Gasteiger partial charge in [0.1, 0.15) is 6.10 Å². The average Bonchev–Trinajstić information content (AvgIpc) is 2.60. The molecule has 1 atom stereocenters. The maximum atomic E-state index is 11.9. The van der Waals surface area contributed by atoms with E-state index in [0.717, 1.165) is 32.5 Å². The van der Waals surface area contributed by atoms with E-state index in [1.54, 1.807) is 6.92 Å². The first-order chi connectivity index (χ1) is 12.0. The molecule has 3 heteroatoms. The van der Waals surface area contributed by atoms with Gasteiger partial charge in [-0.1, -0.05) is 85.1 Å². The van der Waals surface area contributed by atoms with Crippen molar-refractivity contribution in [3.05, 3.63) is 12.2 Å². The van der Waals surface area contributed by atoms with Crippen LogP contribution in [0.5, 0.6) is 0 Å². The predicted molar refractivity (Wildman–Crippen MR) is 109 cm³/mol. The van der Waals surface area contributed by atoms with Gasteiger partial charge in [0.15, 0.2) is 0 Å². The smallest absolute Gasteiger partial charge is 0.333 e. The van der Waals surface area contributed by atoms with Gasteiger partial charge in [-0.25, -0.2) is 4.79 Å². The number of hydrogen-bond donors (Lipinski definition) is 0. The largest absolute Gasteiger partial charge is 0.458 e. The van der Waals surface area contributed by atoms with Gasteiger partial charge in [0.05, 0.1) is 0 Å². The Balaban J connectivity index is 3.93. The Morgan fingerprint density at radius 1 is 0.880 bits per heavy atom. The van der Waals surface area contributed by atoms with E-state index in [1.165, 1.54) is 57.8 Å². The summed E-state index contributed by atoms with van der Waals surface area (Å²) in [6, 6.07) is 0. The number of nitrogens with zero attached hydrogens (tertiary/aromatic N) is 1.